The van der Waals surface area contributed by atoms with Gasteiger partial charge in [-0.3, -0.25) is 9.78 Å². The number of pyridine rings is 1. The molecule has 3 aliphatic rings. The first-order valence-electron chi connectivity index (χ1n) is 7.95. The van der Waals surface area contributed by atoms with E-state index in [1.165, 1.54) is 0 Å². The second-order valence-electron chi connectivity index (χ2n) is 6.43. The van der Waals surface area contributed by atoms with Gasteiger partial charge in [-0.05, 0) is 24.5 Å². The van der Waals surface area contributed by atoms with Gasteiger partial charge in [-0.2, -0.15) is 0 Å². The Labute approximate surface area is 129 Å². The molecule has 1 atom stereocenters. The van der Waals surface area contributed by atoms with Crippen molar-refractivity contribution in [2.75, 3.05) is 26.2 Å². The largest absolute Gasteiger partial charge is 0.339 e. The Hall–Kier alpha value is -2.11. The first-order chi connectivity index (χ1) is 10.7. The standard InChI is InChI=1S/C16H20N4O2/c21-15(13-3-4-13)18-6-7-20-14(10-18)11-19(16(20)22)9-12-2-1-5-17-8-12/h1-2,5,8,13-14H,3-4,6-7,9-11H2/t14-/m1/s1. The van der Waals surface area contributed by atoms with E-state index in [0.717, 1.165) is 18.4 Å². The van der Waals surface area contributed by atoms with Crippen molar-refractivity contribution < 1.29 is 9.59 Å². The van der Waals surface area contributed by atoms with Crippen LogP contribution in [0.3, 0.4) is 0 Å². The molecule has 3 fully saturated rings. The summed E-state index contributed by atoms with van der Waals surface area (Å²) in [6, 6.07) is 4.10. The van der Waals surface area contributed by atoms with Crippen LogP contribution >= 0.6 is 0 Å². The fourth-order valence-corrected chi connectivity index (χ4v) is 3.41. The molecule has 116 valence electrons. The number of hydrogen-bond donors (Lipinski definition) is 0. The lowest BCUT2D eigenvalue weighted by Crippen LogP contribution is -2.54. The molecule has 1 aromatic heterocycles. The average molecular weight is 300 g/mol. The third kappa shape index (κ3) is 2.42. The van der Waals surface area contributed by atoms with Crippen LogP contribution in [0, 0.1) is 5.92 Å². The van der Waals surface area contributed by atoms with Crippen LogP contribution in [-0.2, 0) is 11.3 Å². The van der Waals surface area contributed by atoms with Crippen molar-refractivity contribution >= 4 is 11.9 Å². The summed E-state index contributed by atoms with van der Waals surface area (Å²) in [7, 11) is 0. The predicted molar refractivity (Wildman–Crippen MR) is 79.8 cm³/mol. The number of rotatable bonds is 3. The minimum Gasteiger partial charge on any atom is -0.339 e. The summed E-state index contributed by atoms with van der Waals surface area (Å²) in [5.74, 6) is 0.549. The minimum atomic E-state index is 0.0902. The van der Waals surface area contributed by atoms with Gasteiger partial charge in [-0.1, -0.05) is 6.07 Å². The van der Waals surface area contributed by atoms with E-state index in [1.807, 2.05) is 26.8 Å². The lowest BCUT2D eigenvalue weighted by Gasteiger charge is -2.36. The van der Waals surface area contributed by atoms with Gasteiger partial charge in [-0.25, -0.2) is 4.79 Å². The number of urea groups is 1. The predicted octanol–water partition coefficient (Wildman–Crippen LogP) is 0.940. The van der Waals surface area contributed by atoms with Gasteiger partial charge in [0, 0.05) is 51.0 Å². The highest BCUT2D eigenvalue weighted by atomic mass is 16.2. The second-order valence-corrected chi connectivity index (χ2v) is 6.43. The van der Waals surface area contributed by atoms with Crippen molar-refractivity contribution in [3.05, 3.63) is 30.1 Å². The monoisotopic (exact) mass is 300 g/mol. The van der Waals surface area contributed by atoms with Crippen molar-refractivity contribution in [3.63, 3.8) is 0 Å². The maximum Gasteiger partial charge on any atom is 0.320 e. The van der Waals surface area contributed by atoms with Crippen molar-refractivity contribution in [1.82, 2.24) is 19.7 Å². The number of hydrogen-bond acceptors (Lipinski definition) is 3. The van der Waals surface area contributed by atoms with Crippen LogP contribution in [-0.4, -0.2) is 63.8 Å². The van der Waals surface area contributed by atoms with E-state index in [4.69, 9.17) is 0 Å². The Morgan fingerprint density at radius 2 is 2.14 bits per heavy atom. The SMILES string of the molecule is O=C(C1CC1)N1CCN2C(=O)N(Cc3cccnc3)C[C@H]2C1. The zero-order chi connectivity index (χ0) is 15.1. The molecule has 22 heavy (non-hydrogen) atoms. The molecule has 3 heterocycles. The summed E-state index contributed by atoms with van der Waals surface area (Å²) in [4.78, 5) is 34.5. The molecule has 1 aliphatic carbocycles. The maximum absolute atomic E-state index is 12.5. The second kappa shape index (κ2) is 5.26. The highest BCUT2D eigenvalue weighted by Gasteiger charge is 2.43. The molecule has 2 saturated heterocycles. The molecule has 1 aromatic rings. The van der Waals surface area contributed by atoms with Gasteiger partial charge >= 0.3 is 6.03 Å². The molecule has 6 heteroatoms. The van der Waals surface area contributed by atoms with Crippen molar-refractivity contribution in [3.8, 4) is 0 Å². The fourth-order valence-electron chi connectivity index (χ4n) is 3.41. The lowest BCUT2D eigenvalue weighted by molar-refractivity contribution is -0.134. The van der Waals surface area contributed by atoms with Crippen LogP contribution in [0.15, 0.2) is 24.5 Å². The van der Waals surface area contributed by atoms with E-state index >= 15 is 0 Å². The topological polar surface area (TPSA) is 56.8 Å². The van der Waals surface area contributed by atoms with Gasteiger partial charge in [-0.15, -0.1) is 0 Å². The van der Waals surface area contributed by atoms with E-state index in [2.05, 4.69) is 4.98 Å². The highest BCUT2D eigenvalue weighted by molar-refractivity contribution is 5.82. The molecule has 1 saturated carbocycles. The molecule has 3 amide bonds. The first-order valence-corrected chi connectivity index (χ1v) is 7.95. The molecule has 0 aromatic carbocycles. The zero-order valence-corrected chi connectivity index (χ0v) is 12.5. The van der Waals surface area contributed by atoms with Gasteiger partial charge in [0.25, 0.3) is 0 Å². The van der Waals surface area contributed by atoms with E-state index in [1.54, 1.807) is 12.4 Å². The molecule has 0 bridgehead atoms. The average Bonchev–Trinajstić information content (AvgIpc) is 3.34. The summed E-state index contributed by atoms with van der Waals surface area (Å²) in [5, 5.41) is 0. The third-order valence-electron chi connectivity index (χ3n) is 4.76. The maximum atomic E-state index is 12.5. The molecule has 0 radical (unpaired) electrons. The smallest absolute Gasteiger partial charge is 0.320 e. The normalized spacial score (nSPS) is 24.6. The molecule has 0 N–H and O–H groups in total. The fraction of sp³-hybridized carbons (Fsp3) is 0.562. The summed E-state index contributed by atoms with van der Waals surface area (Å²) in [5.41, 5.74) is 1.04. The van der Waals surface area contributed by atoms with Gasteiger partial charge < -0.3 is 14.7 Å². The Bertz CT molecular complexity index is 587. The van der Waals surface area contributed by atoms with E-state index in [-0.39, 0.29) is 23.9 Å². The number of amides is 3. The highest BCUT2D eigenvalue weighted by Crippen LogP contribution is 2.32. The Morgan fingerprint density at radius 3 is 2.86 bits per heavy atom. The van der Waals surface area contributed by atoms with E-state index < -0.39 is 0 Å². The Kier molecular flexibility index (Phi) is 3.24. The van der Waals surface area contributed by atoms with Crippen LogP contribution in [0.25, 0.3) is 0 Å². The summed E-state index contributed by atoms with van der Waals surface area (Å²) < 4.78 is 0. The third-order valence-corrected chi connectivity index (χ3v) is 4.76. The van der Waals surface area contributed by atoms with Crippen LogP contribution in [0.5, 0.6) is 0 Å². The van der Waals surface area contributed by atoms with Gasteiger partial charge in [0.2, 0.25) is 5.91 Å². The van der Waals surface area contributed by atoms with Crippen LogP contribution < -0.4 is 0 Å². The molecule has 0 spiro atoms. The molecule has 4 rings (SSSR count). The number of carbonyl (C=O) groups is 2. The van der Waals surface area contributed by atoms with Crippen LogP contribution in [0.1, 0.15) is 18.4 Å². The molecule has 2 aliphatic heterocycles. The molecule has 0 unspecified atom stereocenters. The van der Waals surface area contributed by atoms with Crippen LogP contribution in [0.4, 0.5) is 4.79 Å². The number of piperazine rings is 1. The summed E-state index contributed by atoms with van der Waals surface area (Å²) in [6.45, 7) is 3.31. The van der Waals surface area contributed by atoms with E-state index in [9.17, 15) is 9.59 Å². The molecular formula is C16H20N4O2. The van der Waals surface area contributed by atoms with Crippen molar-refractivity contribution in [2.45, 2.75) is 25.4 Å². The van der Waals surface area contributed by atoms with E-state index in [0.29, 0.717) is 32.7 Å². The van der Waals surface area contributed by atoms with Crippen molar-refractivity contribution in [2.24, 2.45) is 5.92 Å². The van der Waals surface area contributed by atoms with Gasteiger partial charge in [0.05, 0.1) is 6.04 Å². The number of nitrogens with zero attached hydrogens (tertiary/aromatic N) is 4. The molecular weight excluding hydrogens is 280 g/mol. The minimum absolute atomic E-state index is 0.0902. The first kappa shape index (κ1) is 13.5. The van der Waals surface area contributed by atoms with Gasteiger partial charge in [0.1, 0.15) is 0 Å². The summed E-state index contributed by atoms with van der Waals surface area (Å²) in [6.07, 6.45) is 5.61. The van der Waals surface area contributed by atoms with Gasteiger partial charge in [0.15, 0.2) is 0 Å². The lowest BCUT2D eigenvalue weighted by atomic mass is 10.1. The number of aromatic nitrogens is 1. The number of fused-ring (bicyclic) bond motifs is 1. The Balaban J connectivity index is 1.42. The molecule has 6 nitrogen and oxygen atoms in total. The zero-order valence-electron chi connectivity index (χ0n) is 12.5. The summed E-state index contributed by atoms with van der Waals surface area (Å²) >= 11 is 0. The quantitative estimate of drug-likeness (QED) is 0.835. The Morgan fingerprint density at radius 1 is 1.27 bits per heavy atom. The number of carbonyl (C=O) groups excluding carboxylic acids is 2. The van der Waals surface area contributed by atoms with Crippen molar-refractivity contribution in [1.29, 1.82) is 0 Å². The van der Waals surface area contributed by atoms with Crippen LogP contribution in [0.2, 0.25) is 0 Å².